The lowest BCUT2D eigenvalue weighted by atomic mass is 9.75. The van der Waals surface area contributed by atoms with E-state index in [4.69, 9.17) is 0 Å². The second-order valence-electron chi connectivity index (χ2n) is 4.98. The van der Waals surface area contributed by atoms with Crippen molar-refractivity contribution in [3.63, 3.8) is 0 Å². The van der Waals surface area contributed by atoms with Crippen molar-refractivity contribution in [2.24, 2.45) is 5.41 Å². The van der Waals surface area contributed by atoms with E-state index in [2.05, 4.69) is 37.2 Å². The first kappa shape index (κ1) is 14.5. The minimum atomic E-state index is 0.0524. The molecular weight excluding hydrogens is 378 g/mol. The summed E-state index contributed by atoms with van der Waals surface area (Å²) in [6, 6.07) is 3.78. The summed E-state index contributed by atoms with van der Waals surface area (Å²) in [4.78, 5) is 12.8. The molecule has 0 unspecified atom stereocenters. The third-order valence-corrected chi connectivity index (χ3v) is 6.43. The Balaban J connectivity index is 1.91. The fourth-order valence-corrected chi connectivity index (χ4v) is 4.51. The summed E-state index contributed by atoms with van der Waals surface area (Å²) in [7, 11) is 0. The van der Waals surface area contributed by atoms with Gasteiger partial charge in [-0.2, -0.15) is 0 Å². The molecule has 0 saturated heterocycles. The molecule has 0 radical (unpaired) electrons. The molecule has 1 amide bonds. The molecule has 100 valence electrons. The van der Waals surface area contributed by atoms with Gasteiger partial charge in [0.15, 0.2) is 0 Å². The SMILES string of the molecule is O=C(NCC1(CBr)CCCCC1)c1ccc(Br)s1. The largest absolute Gasteiger partial charge is 0.351 e. The van der Waals surface area contributed by atoms with Crippen LogP contribution < -0.4 is 5.32 Å². The van der Waals surface area contributed by atoms with Gasteiger partial charge in [0.25, 0.3) is 5.91 Å². The van der Waals surface area contributed by atoms with Crippen molar-refractivity contribution >= 4 is 49.1 Å². The van der Waals surface area contributed by atoms with Crippen LogP contribution in [0.4, 0.5) is 0 Å². The number of hydrogen-bond acceptors (Lipinski definition) is 2. The van der Waals surface area contributed by atoms with Gasteiger partial charge in [0.1, 0.15) is 0 Å². The molecule has 1 aromatic rings. The Morgan fingerprint density at radius 1 is 1.33 bits per heavy atom. The van der Waals surface area contributed by atoms with Crippen molar-refractivity contribution in [2.75, 3.05) is 11.9 Å². The molecule has 2 nitrogen and oxygen atoms in total. The minimum absolute atomic E-state index is 0.0524. The molecule has 1 aliphatic carbocycles. The Labute approximate surface area is 129 Å². The molecule has 1 heterocycles. The lowest BCUT2D eigenvalue weighted by Crippen LogP contribution is -2.40. The third kappa shape index (κ3) is 3.58. The molecule has 0 spiro atoms. The molecule has 2 rings (SSSR count). The zero-order valence-electron chi connectivity index (χ0n) is 10.2. The standard InChI is InChI=1S/C13H17Br2NOS/c14-8-13(6-2-1-3-7-13)9-16-12(17)10-4-5-11(15)18-10/h4-5H,1-3,6-9H2,(H,16,17). The molecule has 1 fully saturated rings. The van der Waals surface area contributed by atoms with Crippen LogP contribution >= 0.6 is 43.2 Å². The monoisotopic (exact) mass is 393 g/mol. The number of rotatable bonds is 4. The molecule has 1 N–H and O–H groups in total. The van der Waals surface area contributed by atoms with Crippen molar-refractivity contribution in [2.45, 2.75) is 32.1 Å². The summed E-state index contributed by atoms with van der Waals surface area (Å²) in [6.45, 7) is 0.784. The van der Waals surface area contributed by atoms with E-state index in [0.29, 0.717) is 0 Å². The Hall–Kier alpha value is 0.130. The first-order valence-corrected chi connectivity index (χ1v) is 8.98. The predicted octanol–water partition coefficient (Wildman–Crippen LogP) is 4.59. The molecule has 0 aromatic carbocycles. The fourth-order valence-electron chi connectivity index (χ4n) is 2.45. The van der Waals surface area contributed by atoms with Gasteiger partial charge in [-0.1, -0.05) is 35.2 Å². The van der Waals surface area contributed by atoms with Crippen molar-refractivity contribution in [3.8, 4) is 0 Å². The first-order chi connectivity index (χ1) is 8.65. The van der Waals surface area contributed by atoms with Crippen LogP contribution in [0, 0.1) is 5.41 Å². The summed E-state index contributed by atoms with van der Waals surface area (Å²) in [5, 5.41) is 4.07. The molecule has 18 heavy (non-hydrogen) atoms. The highest BCUT2D eigenvalue weighted by molar-refractivity contribution is 9.11. The topological polar surface area (TPSA) is 29.1 Å². The average Bonchev–Trinajstić information content (AvgIpc) is 2.84. The van der Waals surface area contributed by atoms with Gasteiger partial charge in [0, 0.05) is 11.9 Å². The fraction of sp³-hybridized carbons (Fsp3) is 0.615. The number of alkyl halides is 1. The Bertz CT molecular complexity index is 413. The van der Waals surface area contributed by atoms with Crippen LogP contribution in [0.3, 0.4) is 0 Å². The minimum Gasteiger partial charge on any atom is -0.351 e. The normalized spacial score (nSPS) is 18.6. The Kier molecular flexibility index (Phi) is 5.27. The molecule has 5 heteroatoms. The Morgan fingerprint density at radius 3 is 2.61 bits per heavy atom. The highest BCUT2D eigenvalue weighted by atomic mass is 79.9. The van der Waals surface area contributed by atoms with E-state index in [1.807, 2.05) is 12.1 Å². The van der Waals surface area contributed by atoms with Gasteiger partial charge >= 0.3 is 0 Å². The highest BCUT2D eigenvalue weighted by Gasteiger charge is 2.31. The van der Waals surface area contributed by atoms with E-state index < -0.39 is 0 Å². The van der Waals surface area contributed by atoms with Crippen LogP contribution in [0.15, 0.2) is 15.9 Å². The number of amides is 1. The van der Waals surface area contributed by atoms with E-state index in [9.17, 15) is 4.79 Å². The van der Waals surface area contributed by atoms with Gasteiger partial charge in [-0.05, 0) is 46.3 Å². The Morgan fingerprint density at radius 2 is 2.06 bits per heavy atom. The maximum atomic E-state index is 12.0. The summed E-state index contributed by atoms with van der Waals surface area (Å²) in [5.74, 6) is 0.0524. The summed E-state index contributed by atoms with van der Waals surface area (Å²) in [5.41, 5.74) is 0.266. The van der Waals surface area contributed by atoms with Crippen LogP contribution in [0.5, 0.6) is 0 Å². The van der Waals surface area contributed by atoms with Crippen LogP contribution in [0.2, 0.25) is 0 Å². The third-order valence-electron chi connectivity index (χ3n) is 3.62. The molecule has 0 bridgehead atoms. The van der Waals surface area contributed by atoms with Crippen LogP contribution in [-0.4, -0.2) is 17.8 Å². The molecule has 0 aliphatic heterocycles. The summed E-state index contributed by atoms with van der Waals surface area (Å²) >= 11 is 8.49. The van der Waals surface area contributed by atoms with E-state index in [-0.39, 0.29) is 11.3 Å². The van der Waals surface area contributed by atoms with E-state index in [1.165, 1.54) is 43.4 Å². The van der Waals surface area contributed by atoms with Gasteiger partial charge < -0.3 is 5.32 Å². The lowest BCUT2D eigenvalue weighted by molar-refractivity contribution is 0.0926. The smallest absolute Gasteiger partial charge is 0.261 e. The first-order valence-electron chi connectivity index (χ1n) is 6.25. The van der Waals surface area contributed by atoms with E-state index in [0.717, 1.165) is 20.5 Å². The predicted molar refractivity (Wildman–Crippen MR) is 83.7 cm³/mol. The number of hydrogen-bond donors (Lipinski definition) is 1. The van der Waals surface area contributed by atoms with E-state index in [1.54, 1.807) is 0 Å². The highest BCUT2D eigenvalue weighted by Crippen LogP contribution is 2.37. The van der Waals surface area contributed by atoms with Gasteiger partial charge in [-0.25, -0.2) is 0 Å². The summed E-state index contributed by atoms with van der Waals surface area (Å²) < 4.78 is 1.00. The van der Waals surface area contributed by atoms with Crippen molar-refractivity contribution in [1.82, 2.24) is 5.32 Å². The number of halogens is 2. The van der Waals surface area contributed by atoms with Gasteiger partial charge in [-0.15, -0.1) is 11.3 Å². The van der Waals surface area contributed by atoms with Gasteiger partial charge in [-0.3, -0.25) is 4.79 Å². The zero-order chi connectivity index (χ0) is 13.0. The summed E-state index contributed by atoms with van der Waals surface area (Å²) in [6.07, 6.45) is 6.33. The maximum absolute atomic E-state index is 12.0. The zero-order valence-corrected chi connectivity index (χ0v) is 14.2. The van der Waals surface area contributed by atoms with E-state index >= 15 is 0 Å². The molecule has 0 atom stereocenters. The maximum Gasteiger partial charge on any atom is 0.261 e. The van der Waals surface area contributed by atoms with Crippen LogP contribution in [0.25, 0.3) is 0 Å². The molecule has 1 aromatic heterocycles. The average molecular weight is 395 g/mol. The quantitative estimate of drug-likeness (QED) is 0.743. The van der Waals surface area contributed by atoms with Crippen LogP contribution in [-0.2, 0) is 0 Å². The number of thiophene rings is 1. The van der Waals surface area contributed by atoms with Crippen molar-refractivity contribution in [3.05, 3.63) is 20.8 Å². The van der Waals surface area contributed by atoms with Crippen molar-refractivity contribution in [1.29, 1.82) is 0 Å². The molecule has 1 aliphatic rings. The molecule has 1 saturated carbocycles. The van der Waals surface area contributed by atoms with Gasteiger partial charge in [0.2, 0.25) is 0 Å². The second-order valence-corrected chi connectivity index (χ2v) is 8.00. The van der Waals surface area contributed by atoms with Gasteiger partial charge in [0.05, 0.1) is 8.66 Å². The molecular formula is C13H17Br2NOS. The number of nitrogens with one attached hydrogen (secondary N) is 1. The van der Waals surface area contributed by atoms with Crippen molar-refractivity contribution < 1.29 is 4.79 Å². The number of carbonyl (C=O) groups excluding carboxylic acids is 1. The van der Waals surface area contributed by atoms with Crippen LogP contribution in [0.1, 0.15) is 41.8 Å². The lowest BCUT2D eigenvalue weighted by Gasteiger charge is -2.35. The number of carbonyl (C=O) groups is 1. The second kappa shape index (κ2) is 6.53.